The maximum atomic E-state index is 12.3. The van der Waals surface area contributed by atoms with E-state index in [2.05, 4.69) is 12.2 Å². The van der Waals surface area contributed by atoms with Gasteiger partial charge in [-0.2, -0.15) is 0 Å². The van der Waals surface area contributed by atoms with Crippen molar-refractivity contribution in [1.82, 2.24) is 0 Å². The lowest BCUT2D eigenvalue weighted by atomic mass is 9.99. The van der Waals surface area contributed by atoms with E-state index in [0.717, 1.165) is 17.5 Å². The Labute approximate surface area is 166 Å². The Hall–Kier alpha value is -2.95. The van der Waals surface area contributed by atoms with Gasteiger partial charge in [0.15, 0.2) is 11.9 Å². The molecular weight excluding hydrogens is 354 g/mol. The lowest BCUT2D eigenvalue weighted by Crippen LogP contribution is -2.30. The lowest BCUT2D eigenvalue weighted by Gasteiger charge is -2.14. The Kier molecular flexibility index (Phi) is 7.50. The number of hydrogen-bond acceptors (Lipinski definition) is 4. The molecular formula is C23H27NO4. The van der Waals surface area contributed by atoms with E-state index in [9.17, 15) is 14.4 Å². The molecule has 0 aliphatic heterocycles. The molecule has 0 unspecified atom stereocenters. The van der Waals surface area contributed by atoms with Crippen LogP contribution >= 0.6 is 0 Å². The predicted octanol–water partition coefficient (Wildman–Crippen LogP) is 4.40. The number of carbonyl (C=O) groups excluding carboxylic acids is 3. The number of ketones is 1. The number of anilines is 1. The van der Waals surface area contributed by atoms with Crippen molar-refractivity contribution in [2.45, 2.75) is 53.1 Å². The molecule has 5 heteroatoms. The van der Waals surface area contributed by atoms with Gasteiger partial charge in [-0.3, -0.25) is 14.4 Å². The number of rotatable bonds is 8. The molecule has 2 aromatic rings. The molecule has 0 saturated carbocycles. The van der Waals surface area contributed by atoms with Gasteiger partial charge in [-0.1, -0.05) is 36.8 Å². The molecule has 1 amide bonds. The fourth-order valence-corrected chi connectivity index (χ4v) is 2.76. The number of Topliss-reactive ketones (excluding diaryl/α,β-unsaturated/α-hetero) is 1. The number of esters is 1. The largest absolute Gasteiger partial charge is 0.453 e. The van der Waals surface area contributed by atoms with Gasteiger partial charge in [0, 0.05) is 17.7 Å². The number of amides is 1. The van der Waals surface area contributed by atoms with Crippen molar-refractivity contribution >= 4 is 23.3 Å². The Bertz CT molecular complexity index is 855. The van der Waals surface area contributed by atoms with Gasteiger partial charge in [0.25, 0.3) is 5.91 Å². The summed E-state index contributed by atoms with van der Waals surface area (Å²) in [6.07, 6.45) is -0.0252. The van der Waals surface area contributed by atoms with E-state index in [1.54, 1.807) is 0 Å². The highest BCUT2D eigenvalue weighted by Crippen LogP contribution is 2.15. The minimum atomic E-state index is -0.936. The molecule has 0 saturated heterocycles. The van der Waals surface area contributed by atoms with Gasteiger partial charge < -0.3 is 10.1 Å². The van der Waals surface area contributed by atoms with E-state index in [-0.39, 0.29) is 18.6 Å². The normalized spacial score (nSPS) is 11.6. The van der Waals surface area contributed by atoms with Crippen LogP contribution in [-0.2, 0) is 20.7 Å². The molecule has 0 heterocycles. The highest BCUT2D eigenvalue weighted by atomic mass is 16.5. The van der Waals surface area contributed by atoms with E-state index in [1.165, 1.54) is 12.5 Å². The second-order valence-electron chi connectivity index (χ2n) is 6.91. The van der Waals surface area contributed by atoms with Crippen LogP contribution in [0.1, 0.15) is 53.7 Å². The lowest BCUT2D eigenvalue weighted by molar-refractivity contribution is -0.153. The van der Waals surface area contributed by atoms with Crippen LogP contribution in [0.3, 0.4) is 0 Å². The van der Waals surface area contributed by atoms with E-state index >= 15 is 0 Å². The van der Waals surface area contributed by atoms with Crippen molar-refractivity contribution in [2.24, 2.45) is 0 Å². The molecule has 0 aromatic heterocycles. The standard InChI is InChI=1S/C23H27NO4/c1-5-18-8-10-19(11-9-18)24-23(27)17(4)28-22(26)13-12-21(25)20-14-15(2)6-7-16(20)3/h6-11,14,17H,5,12-13H2,1-4H3,(H,24,27)/t17-/m0/s1. The van der Waals surface area contributed by atoms with Gasteiger partial charge in [0.2, 0.25) is 0 Å². The van der Waals surface area contributed by atoms with Gasteiger partial charge in [-0.15, -0.1) is 0 Å². The minimum Gasteiger partial charge on any atom is -0.453 e. The highest BCUT2D eigenvalue weighted by Gasteiger charge is 2.19. The van der Waals surface area contributed by atoms with Crippen LogP contribution in [-0.4, -0.2) is 23.8 Å². The molecule has 1 N–H and O–H groups in total. The first-order valence-electron chi connectivity index (χ1n) is 9.50. The topological polar surface area (TPSA) is 72.5 Å². The predicted molar refractivity (Wildman–Crippen MR) is 109 cm³/mol. The number of benzene rings is 2. The van der Waals surface area contributed by atoms with Crippen LogP contribution < -0.4 is 5.32 Å². The molecule has 2 rings (SSSR count). The first-order valence-corrected chi connectivity index (χ1v) is 9.50. The summed E-state index contributed by atoms with van der Waals surface area (Å²) in [5, 5.41) is 2.72. The van der Waals surface area contributed by atoms with Crippen LogP contribution in [0, 0.1) is 13.8 Å². The average Bonchev–Trinajstić information content (AvgIpc) is 2.68. The van der Waals surface area contributed by atoms with Crippen molar-refractivity contribution in [3.05, 3.63) is 64.7 Å². The van der Waals surface area contributed by atoms with E-state index < -0.39 is 18.0 Å². The van der Waals surface area contributed by atoms with Gasteiger partial charge in [0.1, 0.15) is 0 Å². The average molecular weight is 381 g/mol. The maximum Gasteiger partial charge on any atom is 0.307 e. The second kappa shape index (κ2) is 9.83. The van der Waals surface area contributed by atoms with Crippen molar-refractivity contribution < 1.29 is 19.1 Å². The molecule has 1 atom stereocenters. The van der Waals surface area contributed by atoms with Crippen LogP contribution in [0.25, 0.3) is 0 Å². The molecule has 2 aromatic carbocycles. The smallest absolute Gasteiger partial charge is 0.307 e. The summed E-state index contributed by atoms with van der Waals surface area (Å²) < 4.78 is 5.17. The molecule has 0 spiro atoms. The summed E-state index contributed by atoms with van der Waals surface area (Å²) in [6, 6.07) is 13.2. The number of hydrogen-bond donors (Lipinski definition) is 1. The fourth-order valence-electron chi connectivity index (χ4n) is 2.76. The van der Waals surface area contributed by atoms with Crippen LogP contribution in [0.5, 0.6) is 0 Å². The van der Waals surface area contributed by atoms with Crippen LogP contribution in [0.2, 0.25) is 0 Å². The van der Waals surface area contributed by atoms with Crippen molar-refractivity contribution in [1.29, 1.82) is 0 Å². The van der Waals surface area contributed by atoms with E-state index in [1.807, 2.05) is 56.3 Å². The summed E-state index contributed by atoms with van der Waals surface area (Å²) >= 11 is 0. The van der Waals surface area contributed by atoms with Gasteiger partial charge >= 0.3 is 5.97 Å². The Morgan fingerprint density at radius 2 is 1.68 bits per heavy atom. The summed E-state index contributed by atoms with van der Waals surface area (Å²) in [5.74, 6) is -1.08. The molecule has 0 bridgehead atoms. The minimum absolute atomic E-state index is 0.0515. The maximum absolute atomic E-state index is 12.3. The van der Waals surface area contributed by atoms with Crippen LogP contribution in [0.15, 0.2) is 42.5 Å². The number of nitrogens with one attached hydrogen (secondary N) is 1. The van der Waals surface area contributed by atoms with Gasteiger partial charge in [-0.25, -0.2) is 0 Å². The molecule has 0 aliphatic rings. The van der Waals surface area contributed by atoms with Gasteiger partial charge in [-0.05, 0) is 56.5 Å². The second-order valence-corrected chi connectivity index (χ2v) is 6.91. The van der Waals surface area contributed by atoms with Crippen molar-refractivity contribution in [3.8, 4) is 0 Å². The third kappa shape index (κ3) is 6.05. The molecule has 5 nitrogen and oxygen atoms in total. The Balaban J connectivity index is 1.83. The number of ether oxygens (including phenoxy) is 1. The molecule has 148 valence electrons. The Morgan fingerprint density at radius 3 is 2.32 bits per heavy atom. The summed E-state index contributed by atoms with van der Waals surface area (Å²) in [6.45, 7) is 7.35. The van der Waals surface area contributed by atoms with E-state index in [0.29, 0.717) is 11.3 Å². The number of aryl methyl sites for hydroxylation is 3. The summed E-state index contributed by atoms with van der Waals surface area (Å²) in [7, 11) is 0. The highest BCUT2D eigenvalue weighted by molar-refractivity contribution is 5.99. The van der Waals surface area contributed by atoms with Gasteiger partial charge in [0.05, 0.1) is 6.42 Å². The zero-order chi connectivity index (χ0) is 20.7. The zero-order valence-corrected chi connectivity index (χ0v) is 16.9. The van der Waals surface area contributed by atoms with E-state index in [4.69, 9.17) is 4.74 Å². The number of carbonyl (C=O) groups is 3. The third-order valence-corrected chi connectivity index (χ3v) is 4.56. The first kappa shape index (κ1) is 21.4. The quantitative estimate of drug-likeness (QED) is 0.543. The summed E-state index contributed by atoms with van der Waals surface area (Å²) in [5.41, 5.74) is 4.31. The Morgan fingerprint density at radius 1 is 1.00 bits per heavy atom. The molecule has 28 heavy (non-hydrogen) atoms. The first-order chi connectivity index (χ1) is 13.3. The monoisotopic (exact) mass is 381 g/mol. The third-order valence-electron chi connectivity index (χ3n) is 4.56. The zero-order valence-electron chi connectivity index (χ0n) is 16.9. The van der Waals surface area contributed by atoms with Crippen molar-refractivity contribution in [2.75, 3.05) is 5.32 Å². The fraction of sp³-hybridized carbons (Fsp3) is 0.348. The molecule has 0 aliphatic carbocycles. The SMILES string of the molecule is CCc1ccc(NC(=O)[C@H](C)OC(=O)CCC(=O)c2cc(C)ccc2C)cc1. The van der Waals surface area contributed by atoms with Crippen LogP contribution in [0.4, 0.5) is 5.69 Å². The summed E-state index contributed by atoms with van der Waals surface area (Å²) in [4.78, 5) is 36.6. The molecule has 0 fully saturated rings. The van der Waals surface area contributed by atoms with Crippen molar-refractivity contribution in [3.63, 3.8) is 0 Å². The molecule has 0 radical (unpaired) electrons.